The Balaban J connectivity index is 1.57. The number of thiazole rings is 1. The molecule has 1 atom stereocenters. The summed E-state index contributed by atoms with van der Waals surface area (Å²) in [7, 11) is 0. The number of carbonyl (C=O) groups excluding carboxylic acids is 1. The van der Waals surface area contributed by atoms with Gasteiger partial charge < -0.3 is 0 Å². The molecule has 5 rings (SSSR count). The van der Waals surface area contributed by atoms with E-state index in [1.165, 1.54) is 20.9 Å². The van der Waals surface area contributed by atoms with Crippen molar-refractivity contribution in [2.45, 2.75) is 26.2 Å². The van der Waals surface area contributed by atoms with Crippen molar-refractivity contribution >= 4 is 33.1 Å². The third kappa shape index (κ3) is 3.31. The number of aromatic nitrogens is 3. The zero-order chi connectivity index (χ0) is 20.7. The van der Waals surface area contributed by atoms with E-state index in [9.17, 15) is 9.59 Å². The molecule has 0 unspecified atom stereocenters. The number of fused-ring (bicyclic) bond motifs is 2. The van der Waals surface area contributed by atoms with Crippen molar-refractivity contribution in [3.8, 4) is 5.69 Å². The zero-order valence-electron chi connectivity index (χ0n) is 16.5. The van der Waals surface area contributed by atoms with Crippen LogP contribution in [0.2, 0.25) is 0 Å². The van der Waals surface area contributed by atoms with Gasteiger partial charge in [-0.1, -0.05) is 43.3 Å². The number of hydrogen-bond donors (Lipinski definition) is 1. The largest absolute Gasteiger partial charge is 0.296 e. The summed E-state index contributed by atoms with van der Waals surface area (Å²) in [6.07, 6.45) is 3.07. The van der Waals surface area contributed by atoms with Gasteiger partial charge in [0.1, 0.15) is 0 Å². The van der Waals surface area contributed by atoms with Crippen molar-refractivity contribution in [1.29, 1.82) is 0 Å². The Morgan fingerprint density at radius 1 is 1.10 bits per heavy atom. The van der Waals surface area contributed by atoms with Crippen LogP contribution in [0.15, 0.2) is 59.4 Å². The predicted octanol–water partition coefficient (Wildman–Crippen LogP) is 4.22. The fourth-order valence-corrected chi connectivity index (χ4v) is 5.02. The van der Waals surface area contributed by atoms with Crippen molar-refractivity contribution in [2.24, 2.45) is 5.92 Å². The molecule has 1 N–H and O–H groups in total. The highest BCUT2D eigenvalue weighted by Gasteiger charge is 2.22. The van der Waals surface area contributed by atoms with E-state index in [2.05, 4.69) is 22.3 Å². The number of benzene rings is 2. The maximum atomic E-state index is 13.2. The Morgan fingerprint density at radius 3 is 2.63 bits per heavy atom. The average molecular weight is 417 g/mol. The first kappa shape index (κ1) is 18.7. The van der Waals surface area contributed by atoms with Crippen LogP contribution in [0.3, 0.4) is 0 Å². The standard InChI is InChI=1S/C23H20N4O2S/c1-14-11-12-18-19(13-14)30-23(24-18)25-21(28)20-16-9-5-6-10-17(16)22(29)27(26-20)15-7-3-2-4-8-15/h2-10,14H,11-13H2,1H3,(H,24,25,28)/t14-/m0/s1. The Morgan fingerprint density at radius 2 is 1.83 bits per heavy atom. The van der Waals surface area contributed by atoms with Crippen LogP contribution in [0.5, 0.6) is 0 Å². The lowest BCUT2D eigenvalue weighted by molar-refractivity contribution is 0.102. The number of nitrogens with one attached hydrogen (secondary N) is 1. The molecule has 4 aromatic rings. The van der Waals surface area contributed by atoms with Crippen molar-refractivity contribution in [3.05, 3.63) is 81.2 Å². The quantitative estimate of drug-likeness (QED) is 0.542. The van der Waals surface area contributed by atoms with Crippen LogP contribution in [0.4, 0.5) is 5.13 Å². The number of amides is 1. The minimum absolute atomic E-state index is 0.204. The smallest absolute Gasteiger partial charge is 0.279 e. The first-order chi connectivity index (χ1) is 14.6. The van der Waals surface area contributed by atoms with E-state index in [-0.39, 0.29) is 17.2 Å². The Bertz CT molecular complexity index is 1310. The van der Waals surface area contributed by atoms with Crippen LogP contribution in [0, 0.1) is 5.92 Å². The SMILES string of the molecule is C[C@H]1CCc2nc(NC(=O)c3nn(-c4ccccc4)c(=O)c4ccccc34)sc2C1. The van der Waals surface area contributed by atoms with Crippen LogP contribution in [-0.4, -0.2) is 20.7 Å². The lowest BCUT2D eigenvalue weighted by Gasteiger charge is -2.15. The highest BCUT2D eigenvalue weighted by molar-refractivity contribution is 7.15. The fraction of sp³-hybridized carbons (Fsp3) is 0.217. The minimum atomic E-state index is -0.366. The van der Waals surface area contributed by atoms with E-state index in [4.69, 9.17) is 0 Å². The Kier molecular flexibility index (Phi) is 4.67. The third-order valence-corrected chi connectivity index (χ3v) is 6.46. The predicted molar refractivity (Wildman–Crippen MR) is 119 cm³/mol. The fourth-order valence-electron chi connectivity index (χ4n) is 3.85. The molecule has 0 radical (unpaired) electrons. The summed E-state index contributed by atoms with van der Waals surface area (Å²) in [5, 5.41) is 8.91. The lowest BCUT2D eigenvalue weighted by Crippen LogP contribution is -2.26. The number of rotatable bonds is 3. The zero-order valence-corrected chi connectivity index (χ0v) is 17.3. The molecular formula is C23H20N4O2S. The normalized spacial score (nSPS) is 15.7. The second kappa shape index (κ2) is 7.50. The van der Waals surface area contributed by atoms with E-state index in [1.54, 1.807) is 36.4 Å². The minimum Gasteiger partial charge on any atom is -0.296 e. The Hall–Kier alpha value is -3.32. The molecule has 30 heavy (non-hydrogen) atoms. The van der Waals surface area contributed by atoms with Crippen LogP contribution in [0.1, 0.15) is 34.4 Å². The molecule has 0 saturated heterocycles. The van der Waals surface area contributed by atoms with Gasteiger partial charge in [0.25, 0.3) is 11.5 Å². The number of hydrogen-bond acceptors (Lipinski definition) is 5. The summed E-state index contributed by atoms with van der Waals surface area (Å²) in [6, 6.07) is 16.2. The molecule has 6 nitrogen and oxygen atoms in total. The molecule has 1 aliphatic carbocycles. The molecule has 0 bridgehead atoms. The highest BCUT2D eigenvalue weighted by Crippen LogP contribution is 2.32. The average Bonchev–Trinajstić information content (AvgIpc) is 3.16. The molecule has 1 aliphatic rings. The third-order valence-electron chi connectivity index (χ3n) is 5.43. The van der Waals surface area contributed by atoms with E-state index in [1.807, 2.05) is 18.2 Å². The van der Waals surface area contributed by atoms with Crippen molar-refractivity contribution in [1.82, 2.24) is 14.8 Å². The Labute approximate surface area is 177 Å². The molecule has 7 heteroatoms. The van der Waals surface area contributed by atoms with Gasteiger partial charge in [-0.3, -0.25) is 14.9 Å². The topological polar surface area (TPSA) is 76.9 Å². The summed E-state index contributed by atoms with van der Waals surface area (Å²) >= 11 is 1.53. The molecular weight excluding hydrogens is 396 g/mol. The summed E-state index contributed by atoms with van der Waals surface area (Å²) in [6.45, 7) is 2.24. The molecule has 0 saturated carbocycles. The molecule has 2 aromatic carbocycles. The number of nitrogens with zero attached hydrogens (tertiary/aromatic N) is 3. The number of carbonyl (C=O) groups is 1. The van der Waals surface area contributed by atoms with Crippen LogP contribution >= 0.6 is 11.3 Å². The molecule has 150 valence electrons. The van der Waals surface area contributed by atoms with E-state index >= 15 is 0 Å². The summed E-state index contributed by atoms with van der Waals surface area (Å²) in [4.78, 5) is 32.0. The van der Waals surface area contributed by atoms with Crippen molar-refractivity contribution in [2.75, 3.05) is 5.32 Å². The summed E-state index contributed by atoms with van der Waals surface area (Å²) < 4.78 is 1.28. The second-order valence-electron chi connectivity index (χ2n) is 7.64. The summed E-state index contributed by atoms with van der Waals surface area (Å²) in [5.41, 5.74) is 1.64. The lowest BCUT2D eigenvalue weighted by atomic mass is 9.93. The van der Waals surface area contributed by atoms with E-state index < -0.39 is 0 Å². The molecule has 2 aromatic heterocycles. The van der Waals surface area contributed by atoms with Gasteiger partial charge in [-0.25, -0.2) is 4.98 Å². The molecule has 0 fully saturated rings. The van der Waals surface area contributed by atoms with E-state index in [0.29, 0.717) is 27.5 Å². The van der Waals surface area contributed by atoms with E-state index in [0.717, 1.165) is 25.0 Å². The number of para-hydroxylation sites is 1. The van der Waals surface area contributed by atoms with Gasteiger partial charge in [-0.05, 0) is 43.4 Å². The van der Waals surface area contributed by atoms with Gasteiger partial charge in [0, 0.05) is 10.3 Å². The van der Waals surface area contributed by atoms with Crippen LogP contribution in [0.25, 0.3) is 16.5 Å². The first-order valence-electron chi connectivity index (χ1n) is 9.97. The summed E-state index contributed by atoms with van der Waals surface area (Å²) in [5.74, 6) is 0.275. The number of aryl methyl sites for hydroxylation is 1. The van der Waals surface area contributed by atoms with Gasteiger partial charge in [-0.15, -0.1) is 11.3 Å². The second-order valence-corrected chi connectivity index (χ2v) is 8.72. The first-order valence-corrected chi connectivity index (χ1v) is 10.8. The van der Waals surface area contributed by atoms with Crippen molar-refractivity contribution < 1.29 is 4.79 Å². The van der Waals surface area contributed by atoms with Crippen molar-refractivity contribution in [3.63, 3.8) is 0 Å². The number of anilines is 1. The highest BCUT2D eigenvalue weighted by atomic mass is 32.1. The van der Waals surface area contributed by atoms with Crippen LogP contribution in [-0.2, 0) is 12.8 Å². The molecule has 0 spiro atoms. The maximum Gasteiger partial charge on any atom is 0.279 e. The van der Waals surface area contributed by atoms with Crippen LogP contribution < -0.4 is 10.9 Å². The van der Waals surface area contributed by atoms with Gasteiger partial charge in [0.15, 0.2) is 10.8 Å². The van der Waals surface area contributed by atoms with Gasteiger partial charge in [-0.2, -0.15) is 9.78 Å². The molecule has 0 aliphatic heterocycles. The monoisotopic (exact) mass is 416 g/mol. The van der Waals surface area contributed by atoms with Gasteiger partial charge in [0.2, 0.25) is 0 Å². The van der Waals surface area contributed by atoms with Gasteiger partial charge >= 0.3 is 0 Å². The molecule has 2 heterocycles. The van der Waals surface area contributed by atoms with Gasteiger partial charge in [0.05, 0.1) is 16.8 Å². The maximum absolute atomic E-state index is 13.2. The molecule has 1 amide bonds.